The molecule has 2 heterocycles. The van der Waals surface area contributed by atoms with Crippen molar-refractivity contribution in [3.05, 3.63) is 28.5 Å². The zero-order valence-corrected chi connectivity index (χ0v) is 15.1. The van der Waals surface area contributed by atoms with Crippen LogP contribution in [0.15, 0.2) is 18.7 Å². The number of carbonyl (C=O) groups is 1. The van der Waals surface area contributed by atoms with Gasteiger partial charge < -0.3 is 19.1 Å². The fraction of sp³-hybridized carbons (Fsp3) is 0.588. The summed E-state index contributed by atoms with van der Waals surface area (Å²) >= 11 is 1.59. The molecule has 0 saturated carbocycles. The second-order valence-electron chi connectivity index (χ2n) is 6.34. The van der Waals surface area contributed by atoms with E-state index < -0.39 is 5.60 Å². The van der Waals surface area contributed by atoms with Gasteiger partial charge in [-0.15, -0.1) is 11.3 Å². The van der Waals surface area contributed by atoms with Crippen LogP contribution in [0.4, 0.5) is 4.79 Å². The Balaban J connectivity index is 2.01. The highest BCUT2D eigenvalue weighted by Crippen LogP contribution is 2.32. The van der Waals surface area contributed by atoms with Gasteiger partial charge >= 0.3 is 6.09 Å². The van der Waals surface area contributed by atoms with Gasteiger partial charge in [0.15, 0.2) is 0 Å². The Morgan fingerprint density at radius 1 is 1.48 bits per heavy atom. The van der Waals surface area contributed by atoms with Gasteiger partial charge in [-0.3, -0.25) is 0 Å². The van der Waals surface area contributed by atoms with Crippen LogP contribution in [0.3, 0.4) is 0 Å². The van der Waals surface area contributed by atoms with Crippen LogP contribution in [0, 0.1) is 0 Å². The standard InChI is InChI=1S/C17H25NO4S/c1-6-20-12(2)14-7-8-15(23-14)13-11-18(9-10-21-13)16(19)22-17(3,4)5/h7-8,13H,2,6,9-11H2,1,3-5H3. The van der Waals surface area contributed by atoms with E-state index in [1.807, 2.05) is 39.8 Å². The van der Waals surface area contributed by atoms with Crippen molar-refractivity contribution in [3.63, 3.8) is 0 Å². The van der Waals surface area contributed by atoms with E-state index in [0.29, 0.717) is 32.1 Å². The highest BCUT2D eigenvalue weighted by atomic mass is 32.1. The lowest BCUT2D eigenvalue weighted by Crippen LogP contribution is -2.44. The van der Waals surface area contributed by atoms with Crippen molar-refractivity contribution in [2.75, 3.05) is 26.3 Å². The first-order chi connectivity index (χ1) is 10.8. The van der Waals surface area contributed by atoms with Gasteiger partial charge in [-0.25, -0.2) is 4.79 Å². The molecule has 1 aromatic heterocycles. The number of hydrogen-bond acceptors (Lipinski definition) is 5. The van der Waals surface area contributed by atoms with E-state index in [9.17, 15) is 4.79 Å². The Hall–Kier alpha value is -1.53. The summed E-state index contributed by atoms with van der Waals surface area (Å²) in [4.78, 5) is 16.0. The van der Waals surface area contributed by atoms with Crippen LogP contribution >= 0.6 is 11.3 Å². The van der Waals surface area contributed by atoms with Crippen molar-refractivity contribution in [2.45, 2.75) is 39.4 Å². The molecule has 0 N–H and O–H groups in total. The molecule has 6 heteroatoms. The molecular formula is C17H25NO4S. The van der Waals surface area contributed by atoms with Crippen LogP contribution in [0.1, 0.15) is 43.6 Å². The third-order valence-corrected chi connectivity index (χ3v) is 4.47. The Morgan fingerprint density at radius 2 is 2.22 bits per heavy atom. The average molecular weight is 339 g/mol. The van der Waals surface area contributed by atoms with E-state index in [2.05, 4.69) is 6.58 Å². The van der Waals surface area contributed by atoms with Gasteiger partial charge in [0.2, 0.25) is 0 Å². The molecule has 1 unspecified atom stereocenters. The molecule has 1 atom stereocenters. The lowest BCUT2D eigenvalue weighted by molar-refractivity contribution is -0.0420. The largest absolute Gasteiger partial charge is 0.493 e. The van der Waals surface area contributed by atoms with Gasteiger partial charge in [-0.1, -0.05) is 6.58 Å². The van der Waals surface area contributed by atoms with E-state index in [1.54, 1.807) is 16.2 Å². The topological polar surface area (TPSA) is 48.0 Å². The lowest BCUT2D eigenvalue weighted by Gasteiger charge is -2.33. The zero-order chi connectivity index (χ0) is 17.0. The van der Waals surface area contributed by atoms with Crippen molar-refractivity contribution in [1.29, 1.82) is 0 Å². The quantitative estimate of drug-likeness (QED) is 0.776. The summed E-state index contributed by atoms with van der Waals surface area (Å²) in [5, 5.41) is 0. The highest BCUT2D eigenvalue weighted by Gasteiger charge is 2.29. The van der Waals surface area contributed by atoms with Crippen molar-refractivity contribution in [3.8, 4) is 0 Å². The first kappa shape index (κ1) is 17.8. The molecule has 128 valence electrons. The van der Waals surface area contributed by atoms with E-state index in [1.165, 1.54) is 0 Å². The minimum absolute atomic E-state index is 0.135. The second kappa shape index (κ2) is 7.36. The maximum absolute atomic E-state index is 12.2. The molecule has 0 bridgehead atoms. The lowest BCUT2D eigenvalue weighted by atomic mass is 10.2. The number of ether oxygens (including phenoxy) is 3. The van der Waals surface area contributed by atoms with Crippen LogP contribution in [0.5, 0.6) is 0 Å². The summed E-state index contributed by atoms with van der Waals surface area (Å²) in [6.45, 7) is 13.6. The van der Waals surface area contributed by atoms with E-state index >= 15 is 0 Å². The summed E-state index contributed by atoms with van der Waals surface area (Å²) in [6, 6.07) is 3.99. The van der Waals surface area contributed by atoms with Gasteiger partial charge in [0.25, 0.3) is 0 Å². The number of amides is 1. The van der Waals surface area contributed by atoms with Crippen LogP contribution in [0.2, 0.25) is 0 Å². The Bertz CT molecular complexity index is 561. The van der Waals surface area contributed by atoms with Gasteiger partial charge in [0, 0.05) is 11.4 Å². The Kier molecular flexibility index (Phi) is 5.70. The zero-order valence-electron chi connectivity index (χ0n) is 14.3. The summed E-state index contributed by atoms with van der Waals surface area (Å²) in [7, 11) is 0. The summed E-state index contributed by atoms with van der Waals surface area (Å²) in [5.74, 6) is 0.670. The molecule has 5 nitrogen and oxygen atoms in total. The molecule has 1 fully saturated rings. The average Bonchev–Trinajstić information content (AvgIpc) is 2.96. The predicted molar refractivity (Wildman–Crippen MR) is 91.5 cm³/mol. The maximum Gasteiger partial charge on any atom is 0.410 e. The molecule has 1 aliphatic rings. The summed E-state index contributed by atoms with van der Waals surface area (Å²) in [5.41, 5.74) is -0.490. The summed E-state index contributed by atoms with van der Waals surface area (Å²) in [6.07, 6.45) is -0.425. The molecule has 1 aromatic rings. The van der Waals surface area contributed by atoms with Crippen LogP contribution in [-0.2, 0) is 14.2 Å². The third-order valence-electron chi connectivity index (χ3n) is 3.26. The van der Waals surface area contributed by atoms with E-state index in [0.717, 1.165) is 9.75 Å². The molecule has 0 radical (unpaired) electrons. The molecule has 0 spiro atoms. The van der Waals surface area contributed by atoms with Gasteiger partial charge in [0.1, 0.15) is 17.5 Å². The molecular weight excluding hydrogens is 314 g/mol. The van der Waals surface area contributed by atoms with Gasteiger partial charge in [0.05, 0.1) is 24.6 Å². The molecule has 1 saturated heterocycles. The Labute approximate surface area is 141 Å². The fourth-order valence-electron chi connectivity index (χ4n) is 2.23. The molecule has 1 amide bonds. The normalized spacial score (nSPS) is 18.6. The van der Waals surface area contributed by atoms with Gasteiger partial charge in [-0.05, 0) is 39.8 Å². The highest BCUT2D eigenvalue weighted by molar-refractivity contribution is 7.13. The number of thiophene rings is 1. The van der Waals surface area contributed by atoms with Crippen molar-refractivity contribution >= 4 is 23.2 Å². The molecule has 0 aliphatic carbocycles. The monoisotopic (exact) mass is 339 g/mol. The van der Waals surface area contributed by atoms with Crippen molar-refractivity contribution < 1.29 is 19.0 Å². The molecule has 2 rings (SSSR count). The number of carbonyl (C=O) groups excluding carboxylic acids is 1. The predicted octanol–water partition coefficient (Wildman–Crippen LogP) is 4.06. The van der Waals surface area contributed by atoms with E-state index in [4.69, 9.17) is 14.2 Å². The maximum atomic E-state index is 12.2. The minimum Gasteiger partial charge on any atom is -0.493 e. The third kappa shape index (κ3) is 4.97. The molecule has 0 aromatic carbocycles. The Morgan fingerprint density at radius 3 is 2.87 bits per heavy atom. The number of rotatable bonds is 4. The SMILES string of the molecule is C=C(OCC)c1ccc(C2CN(C(=O)OC(C)(C)C)CCO2)s1. The van der Waals surface area contributed by atoms with Crippen LogP contribution in [0.25, 0.3) is 5.76 Å². The van der Waals surface area contributed by atoms with Crippen molar-refractivity contribution in [2.24, 2.45) is 0 Å². The van der Waals surface area contributed by atoms with Crippen LogP contribution < -0.4 is 0 Å². The first-order valence-electron chi connectivity index (χ1n) is 7.81. The number of morpholine rings is 1. The number of nitrogens with zero attached hydrogens (tertiary/aromatic N) is 1. The van der Waals surface area contributed by atoms with Gasteiger partial charge in [-0.2, -0.15) is 0 Å². The second-order valence-corrected chi connectivity index (χ2v) is 7.46. The number of hydrogen-bond donors (Lipinski definition) is 0. The molecule has 1 aliphatic heterocycles. The van der Waals surface area contributed by atoms with Crippen LogP contribution in [-0.4, -0.2) is 42.9 Å². The molecule has 23 heavy (non-hydrogen) atoms. The van der Waals surface area contributed by atoms with E-state index in [-0.39, 0.29) is 12.2 Å². The summed E-state index contributed by atoms with van der Waals surface area (Å²) < 4.78 is 16.7. The first-order valence-corrected chi connectivity index (χ1v) is 8.63. The minimum atomic E-state index is -0.490. The smallest absolute Gasteiger partial charge is 0.410 e. The fourth-order valence-corrected chi connectivity index (χ4v) is 3.21. The van der Waals surface area contributed by atoms with Crippen molar-refractivity contribution in [1.82, 2.24) is 4.90 Å².